The Morgan fingerprint density at radius 2 is 2.18 bits per heavy atom. The highest BCUT2D eigenvalue weighted by molar-refractivity contribution is 9.09. The second-order valence-corrected chi connectivity index (χ2v) is 6.72. The zero-order valence-electron chi connectivity index (χ0n) is 9.99. The number of amides is 1. The Balaban J connectivity index is 2.46. The molecule has 1 N–H and O–H groups in total. The molecule has 1 aliphatic heterocycles. The van der Waals surface area contributed by atoms with Crippen LogP contribution in [-0.4, -0.2) is 49.9 Å². The van der Waals surface area contributed by atoms with Gasteiger partial charge in [0, 0.05) is 19.1 Å². The maximum atomic E-state index is 11.7. The van der Waals surface area contributed by atoms with Gasteiger partial charge in [0.2, 0.25) is 15.9 Å². The van der Waals surface area contributed by atoms with Gasteiger partial charge in [0.05, 0.1) is 11.6 Å². The molecule has 1 unspecified atom stereocenters. The molecule has 1 rings (SSSR count). The molecule has 1 saturated heterocycles. The summed E-state index contributed by atoms with van der Waals surface area (Å²) in [6.45, 7) is 1.18. The highest BCUT2D eigenvalue weighted by Gasteiger charge is 2.25. The predicted molar refractivity (Wildman–Crippen MR) is 70.6 cm³/mol. The van der Waals surface area contributed by atoms with E-state index in [1.54, 1.807) is 0 Å². The molecule has 0 spiro atoms. The maximum absolute atomic E-state index is 11.7. The summed E-state index contributed by atoms with van der Waals surface area (Å²) in [5.41, 5.74) is 0. The molecule has 7 heteroatoms. The lowest BCUT2D eigenvalue weighted by atomic mass is 9.99. The van der Waals surface area contributed by atoms with E-state index >= 15 is 0 Å². The summed E-state index contributed by atoms with van der Waals surface area (Å²) in [7, 11) is -3.13. The molecule has 1 heterocycles. The largest absolute Gasteiger partial charge is 0.339 e. The molecule has 0 aromatic rings. The van der Waals surface area contributed by atoms with Gasteiger partial charge in [-0.25, -0.2) is 13.1 Å². The van der Waals surface area contributed by atoms with Crippen molar-refractivity contribution in [3.8, 4) is 0 Å². The van der Waals surface area contributed by atoms with Crippen molar-refractivity contribution in [2.75, 3.05) is 24.7 Å². The zero-order chi connectivity index (χ0) is 12.9. The highest BCUT2D eigenvalue weighted by Crippen LogP contribution is 2.19. The molecule has 0 aliphatic carbocycles. The number of alkyl halides is 1. The summed E-state index contributed by atoms with van der Waals surface area (Å²) in [5.74, 6) is 0.0917. The zero-order valence-corrected chi connectivity index (χ0v) is 12.4. The van der Waals surface area contributed by atoms with Crippen molar-refractivity contribution in [1.82, 2.24) is 9.62 Å². The van der Waals surface area contributed by atoms with Gasteiger partial charge in [0.25, 0.3) is 0 Å². The third kappa shape index (κ3) is 5.35. The molecular formula is C10H19BrN2O3S. The van der Waals surface area contributed by atoms with Crippen LogP contribution in [0.4, 0.5) is 0 Å². The summed E-state index contributed by atoms with van der Waals surface area (Å²) >= 11 is 3.18. The van der Waals surface area contributed by atoms with Crippen molar-refractivity contribution in [2.24, 2.45) is 0 Å². The Labute approximate surface area is 111 Å². The monoisotopic (exact) mass is 326 g/mol. The first-order valence-electron chi connectivity index (χ1n) is 5.74. The van der Waals surface area contributed by atoms with Crippen molar-refractivity contribution in [3.63, 3.8) is 0 Å². The third-order valence-corrected chi connectivity index (χ3v) is 4.11. The van der Waals surface area contributed by atoms with Crippen molar-refractivity contribution < 1.29 is 13.2 Å². The van der Waals surface area contributed by atoms with Crippen LogP contribution >= 0.6 is 15.9 Å². The van der Waals surface area contributed by atoms with Crippen molar-refractivity contribution in [2.45, 2.75) is 31.7 Å². The van der Waals surface area contributed by atoms with Gasteiger partial charge in [0.15, 0.2) is 0 Å². The van der Waals surface area contributed by atoms with Crippen LogP contribution < -0.4 is 4.72 Å². The molecule has 100 valence electrons. The van der Waals surface area contributed by atoms with E-state index in [9.17, 15) is 13.2 Å². The molecule has 0 saturated carbocycles. The second-order valence-electron chi connectivity index (χ2n) is 4.33. The number of likely N-dealkylation sites (tertiary alicyclic amines) is 1. The van der Waals surface area contributed by atoms with Crippen molar-refractivity contribution in [1.29, 1.82) is 0 Å². The number of nitrogens with one attached hydrogen (secondary N) is 1. The molecule has 5 nitrogen and oxygen atoms in total. The van der Waals surface area contributed by atoms with E-state index < -0.39 is 10.0 Å². The minimum Gasteiger partial charge on any atom is -0.339 e. The SMILES string of the molecule is CS(=O)(=O)NCCC1CCCCN1C(=O)CBr. The first kappa shape index (κ1) is 14.9. The number of carbonyl (C=O) groups is 1. The Morgan fingerprint density at radius 3 is 2.76 bits per heavy atom. The molecule has 1 fully saturated rings. The average Bonchev–Trinajstić information content (AvgIpc) is 2.27. The number of hydrogen-bond acceptors (Lipinski definition) is 3. The number of nitrogens with zero attached hydrogens (tertiary/aromatic N) is 1. The number of sulfonamides is 1. The summed E-state index contributed by atoms with van der Waals surface area (Å²) in [6, 6.07) is 0.169. The van der Waals surface area contributed by atoms with Gasteiger partial charge >= 0.3 is 0 Å². The lowest BCUT2D eigenvalue weighted by Gasteiger charge is -2.35. The fourth-order valence-corrected chi connectivity index (χ4v) is 2.93. The normalized spacial score (nSPS) is 21.5. The van der Waals surface area contributed by atoms with Crippen LogP contribution in [0, 0.1) is 0 Å². The van der Waals surface area contributed by atoms with Crippen LogP contribution in [0.5, 0.6) is 0 Å². The summed E-state index contributed by atoms with van der Waals surface area (Å²) in [5, 5.41) is 0.336. The van der Waals surface area contributed by atoms with Crippen molar-refractivity contribution >= 4 is 31.9 Å². The molecule has 1 aliphatic rings. The molecule has 0 radical (unpaired) electrons. The predicted octanol–water partition coefficient (Wildman–Crippen LogP) is 0.702. The Hall–Kier alpha value is -0.140. The molecular weight excluding hydrogens is 308 g/mol. The van der Waals surface area contributed by atoms with E-state index in [2.05, 4.69) is 20.7 Å². The van der Waals surface area contributed by atoms with E-state index in [1.807, 2.05) is 4.90 Å². The first-order valence-corrected chi connectivity index (χ1v) is 8.75. The minimum absolute atomic E-state index is 0.0917. The minimum atomic E-state index is -3.13. The second kappa shape index (κ2) is 6.70. The van der Waals surface area contributed by atoms with E-state index in [4.69, 9.17) is 0 Å². The fourth-order valence-electron chi connectivity index (χ4n) is 2.12. The topological polar surface area (TPSA) is 66.5 Å². The maximum Gasteiger partial charge on any atom is 0.233 e. The standard InChI is InChI=1S/C10H19BrN2O3S/c1-17(15,16)12-6-5-9-4-2-3-7-13(9)10(14)8-11/h9,12H,2-8H2,1H3. The molecule has 1 amide bonds. The van der Waals surface area contributed by atoms with Gasteiger partial charge in [-0.15, -0.1) is 0 Å². The first-order chi connectivity index (χ1) is 7.94. The molecule has 0 aromatic heterocycles. The highest BCUT2D eigenvalue weighted by atomic mass is 79.9. The average molecular weight is 327 g/mol. The van der Waals surface area contributed by atoms with E-state index in [0.717, 1.165) is 32.1 Å². The van der Waals surface area contributed by atoms with Crippen LogP contribution in [0.1, 0.15) is 25.7 Å². The summed E-state index contributed by atoms with van der Waals surface area (Å²) in [6.07, 6.45) is 4.94. The number of rotatable bonds is 5. The van der Waals surface area contributed by atoms with Gasteiger partial charge in [-0.3, -0.25) is 4.79 Å². The van der Waals surface area contributed by atoms with Crippen LogP contribution in [0.3, 0.4) is 0 Å². The van der Waals surface area contributed by atoms with Crippen LogP contribution in [0.25, 0.3) is 0 Å². The lowest BCUT2D eigenvalue weighted by Crippen LogP contribution is -2.45. The summed E-state index contributed by atoms with van der Waals surface area (Å²) < 4.78 is 24.4. The van der Waals surface area contributed by atoms with Gasteiger partial charge in [-0.1, -0.05) is 15.9 Å². The Morgan fingerprint density at radius 1 is 1.47 bits per heavy atom. The van der Waals surface area contributed by atoms with E-state index in [-0.39, 0.29) is 11.9 Å². The number of hydrogen-bond donors (Lipinski definition) is 1. The number of carbonyl (C=O) groups excluding carboxylic acids is 1. The lowest BCUT2D eigenvalue weighted by molar-refractivity contribution is -0.131. The molecule has 17 heavy (non-hydrogen) atoms. The molecule has 0 bridgehead atoms. The Kier molecular flexibility index (Phi) is 5.88. The Bertz CT molecular complexity index is 359. The fraction of sp³-hybridized carbons (Fsp3) is 0.900. The summed E-state index contributed by atoms with van der Waals surface area (Å²) in [4.78, 5) is 13.5. The van der Waals surface area contributed by atoms with E-state index in [1.165, 1.54) is 0 Å². The molecule has 1 atom stereocenters. The van der Waals surface area contributed by atoms with Gasteiger partial charge in [-0.2, -0.15) is 0 Å². The van der Waals surface area contributed by atoms with Crippen LogP contribution in [-0.2, 0) is 14.8 Å². The third-order valence-electron chi connectivity index (χ3n) is 2.90. The van der Waals surface area contributed by atoms with Gasteiger partial charge in [0.1, 0.15) is 0 Å². The number of halogens is 1. The van der Waals surface area contributed by atoms with E-state index in [0.29, 0.717) is 18.3 Å². The molecule has 0 aromatic carbocycles. The van der Waals surface area contributed by atoms with Crippen LogP contribution in [0.15, 0.2) is 0 Å². The van der Waals surface area contributed by atoms with Gasteiger partial charge in [-0.05, 0) is 25.7 Å². The van der Waals surface area contributed by atoms with Gasteiger partial charge < -0.3 is 4.90 Å². The smallest absolute Gasteiger partial charge is 0.233 e. The van der Waals surface area contributed by atoms with Crippen LogP contribution in [0.2, 0.25) is 0 Å². The number of piperidine rings is 1. The van der Waals surface area contributed by atoms with Crippen molar-refractivity contribution in [3.05, 3.63) is 0 Å². The quantitative estimate of drug-likeness (QED) is 0.756.